The zero-order chi connectivity index (χ0) is 17.8. The SMILES string of the molecule is C=C(/C=C(C)\C=C/NC)/N=N/c1ccc(N(CCO)CCO)cc1. The maximum atomic E-state index is 9.07. The molecule has 0 atom stereocenters. The lowest BCUT2D eigenvalue weighted by Crippen LogP contribution is -2.29. The number of aliphatic hydroxyl groups is 2. The first-order chi connectivity index (χ1) is 11.6. The molecule has 130 valence electrons. The van der Waals surface area contributed by atoms with Crippen LogP contribution in [0.5, 0.6) is 0 Å². The summed E-state index contributed by atoms with van der Waals surface area (Å²) >= 11 is 0. The van der Waals surface area contributed by atoms with Crippen LogP contribution in [-0.2, 0) is 0 Å². The molecule has 0 amide bonds. The van der Waals surface area contributed by atoms with E-state index in [4.69, 9.17) is 10.2 Å². The molecular formula is C18H26N4O2. The normalized spacial score (nSPS) is 12.1. The van der Waals surface area contributed by atoms with Crippen molar-refractivity contribution in [2.24, 2.45) is 10.2 Å². The summed E-state index contributed by atoms with van der Waals surface area (Å²) in [6.07, 6.45) is 5.60. The predicted molar refractivity (Wildman–Crippen MR) is 98.4 cm³/mol. The minimum Gasteiger partial charge on any atom is -0.395 e. The molecule has 0 radical (unpaired) electrons. The Morgan fingerprint density at radius 3 is 2.38 bits per heavy atom. The fourth-order valence-electron chi connectivity index (χ4n) is 2.02. The van der Waals surface area contributed by atoms with E-state index in [2.05, 4.69) is 22.1 Å². The molecule has 0 aliphatic carbocycles. The van der Waals surface area contributed by atoms with Crippen molar-refractivity contribution in [1.29, 1.82) is 0 Å². The first kappa shape index (κ1) is 19.6. The number of hydrogen-bond donors (Lipinski definition) is 3. The smallest absolute Gasteiger partial charge is 0.0858 e. The average Bonchev–Trinajstić information content (AvgIpc) is 2.58. The van der Waals surface area contributed by atoms with Crippen LogP contribution in [0.3, 0.4) is 0 Å². The van der Waals surface area contributed by atoms with E-state index < -0.39 is 0 Å². The van der Waals surface area contributed by atoms with Gasteiger partial charge < -0.3 is 20.4 Å². The summed E-state index contributed by atoms with van der Waals surface area (Å²) in [7, 11) is 1.84. The molecule has 1 rings (SSSR count). The van der Waals surface area contributed by atoms with Crippen molar-refractivity contribution in [2.45, 2.75) is 6.92 Å². The second kappa shape index (κ2) is 11.2. The Hall–Kier alpha value is -2.44. The van der Waals surface area contributed by atoms with Crippen LogP contribution in [0.1, 0.15) is 6.92 Å². The zero-order valence-corrected chi connectivity index (χ0v) is 14.3. The minimum atomic E-state index is 0.0367. The second-order valence-corrected chi connectivity index (χ2v) is 5.15. The van der Waals surface area contributed by atoms with E-state index in [1.165, 1.54) is 0 Å². The number of rotatable bonds is 10. The third kappa shape index (κ3) is 7.21. The van der Waals surface area contributed by atoms with Gasteiger partial charge in [-0.1, -0.05) is 6.58 Å². The Bertz CT molecular complexity index is 586. The number of benzene rings is 1. The van der Waals surface area contributed by atoms with E-state index in [0.717, 1.165) is 11.3 Å². The molecule has 0 fully saturated rings. The molecule has 1 aromatic carbocycles. The topological polar surface area (TPSA) is 80.5 Å². The third-order valence-corrected chi connectivity index (χ3v) is 3.16. The highest BCUT2D eigenvalue weighted by Crippen LogP contribution is 2.20. The molecule has 0 bridgehead atoms. The lowest BCUT2D eigenvalue weighted by Gasteiger charge is -2.22. The molecule has 0 aromatic heterocycles. The standard InChI is InChI=1S/C18H26N4O2/c1-15(8-9-19-3)14-16(2)20-21-17-4-6-18(7-5-17)22(10-12-23)11-13-24/h4-9,14,19,23-24H,2,10-13H2,1,3H3/b9-8-,15-14-,21-20+. The molecule has 6 nitrogen and oxygen atoms in total. The minimum absolute atomic E-state index is 0.0367. The molecule has 0 spiro atoms. The van der Waals surface area contributed by atoms with Gasteiger partial charge in [0.15, 0.2) is 0 Å². The fourth-order valence-corrected chi connectivity index (χ4v) is 2.02. The number of nitrogens with one attached hydrogen (secondary N) is 1. The van der Waals surface area contributed by atoms with Crippen LogP contribution in [0.15, 0.2) is 70.7 Å². The van der Waals surface area contributed by atoms with Gasteiger partial charge in [-0.25, -0.2) is 0 Å². The Labute approximate surface area is 143 Å². The number of azo groups is 1. The lowest BCUT2D eigenvalue weighted by molar-refractivity contribution is 0.281. The second-order valence-electron chi connectivity index (χ2n) is 5.15. The van der Waals surface area contributed by atoms with Crippen LogP contribution < -0.4 is 10.2 Å². The monoisotopic (exact) mass is 330 g/mol. The molecule has 0 saturated heterocycles. The number of allylic oxidation sites excluding steroid dienone is 3. The van der Waals surface area contributed by atoms with Gasteiger partial charge in [-0.15, -0.1) is 0 Å². The Balaban J connectivity index is 2.72. The van der Waals surface area contributed by atoms with E-state index in [9.17, 15) is 0 Å². The van der Waals surface area contributed by atoms with E-state index in [1.54, 1.807) is 0 Å². The van der Waals surface area contributed by atoms with Crippen LogP contribution in [0.25, 0.3) is 0 Å². The number of aliphatic hydroxyl groups excluding tert-OH is 2. The van der Waals surface area contributed by atoms with Crippen LogP contribution in [0, 0.1) is 0 Å². The summed E-state index contributed by atoms with van der Waals surface area (Å²) in [5, 5.41) is 29.3. The van der Waals surface area contributed by atoms with Crippen LogP contribution in [-0.4, -0.2) is 43.6 Å². The molecule has 0 saturated carbocycles. The summed E-state index contributed by atoms with van der Waals surface area (Å²) in [5.74, 6) is 0. The maximum absolute atomic E-state index is 9.07. The lowest BCUT2D eigenvalue weighted by atomic mass is 10.2. The summed E-state index contributed by atoms with van der Waals surface area (Å²) in [6.45, 7) is 6.84. The molecule has 0 unspecified atom stereocenters. The van der Waals surface area contributed by atoms with Gasteiger partial charge in [0.1, 0.15) is 0 Å². The Morgan fingerprint density at radius 1 is 1.21 bits per heavy atom. The first-order valence-corrected chi connectivity index (χ1v) is 7.80. The molecule has 6 heteroatoms. The number of hydrogen-bond acceptors (Lipinski definition) is 6. The molecule has 0 heterocycles. The Kier molecular flexibility index (Phi) is 9.11. The predicted octanol–water partition coefficient (Wildman–Crippen LogP) is 2.75. The van der Waals surface area contributed by atoms with Crippen molar-refractivity contribution in [3.05, 3.63) is 60.5 Å². The number of nitrogens with zero attached hydrogens (tertiary/aromatic N) is 3. The summed E-state index contributed by atoms with van der Waals surface area (Å²) in [5.41, 5.74) is 3.22. The van der Waals surface area contributed by atoms with E-state index >= 15 is 0 Å². The molecule has 1 aromatic rings. The quantitative estimate of drug-likeness (QED) is 0.455. The van der Waals surface area contributed by atoms with Crippen molar-refractivity contribution in [1.82, 2.24) is 5.32 Å². The van der Waals surface area contributed by atoms with Crippen LogP contribution in [0.2, 0.25) is 0 Å². The summed E-state index contributed by atoms with van der Waals surface area (Å²) < 4.78 is 0. The molecule has 3 N–H and O–H groups in total. The van der Waals surface area contributed by atoms with Gasteiger partial charge in [0.2, 0.25) is 0 Å². The fraction of sp³-hybridized carbons (Fsp3) is 0.333. The average molecular weight is 330 g/mol. The summed E-state index contributed by atoms with van der Waals surface area (Å²) in [6, 6.07) is 7.45. The largest absolute Gasteiger partial charge is 0.395 e. The Morgan fingerprint density at radius 2 is 1.83 bits per heavy atom. The van der Waals surface area contributed by atoms with Gasteiger partial charge in [-0.3, -0.25) is 0 Å². The maximum Gasteiger partial charge on any atom is 0.0858 e. The van der Waals surface area contributed by atoms with Gasteiger partial charge in [-0.2, -0.15) is 10.2 Å². The van der Waals surface area contributed by atoms with Crippen molar-refractivity contribution in [3.8, 4) is 0 Å². The first-order valence-electron chi connectivity index (χ1n) is 7.80. The molecular weight excluding hydrogens is 304 g/mol. The van der Waals surface area contributed by atoms with Crippen LogP contribution >= 0.6 is 0 Å². The zero-order valence-electron chi connectivity index (χ0n) is 14.3. The van der Waals surface area contributed by atoms with Gasteiger partial charge in [0, 0.05) is 25.8 Å². The van der Waals surface area contributed by atoms with Crippen molar-refractivity contribution < 1.29 is 10.2 Å². The molecule has 0 aliphatic heterocycles. The van der Waals surface area contributed by atoms with Gasteiger partial charge in [-0.05, 0) is 55.1 Å². The molecule has 0 aliphatic rings. The van der Waals surface area contributed by atoms with Crippen molar-refractivity contribution >= 4 is 11.4 Å². The van der Waals surface area contributed by atoms with Gasteiger partial charge >= 0.3 is 0 Å². The highest BCUT2D eigenvalue weighted by molar-refractivity contribution is 5.52. The number of anilines is 1. The van der Waals surface area contributed by atoms with E-state index in [-0.39, 0.29) is 13.2 Å². The van der Waals surface area contributed by atoms with Crippen LogP contribution in [0.4, 0.5) is 11.4 Å². The van der Waals surface area contributed by atoms with Crippen molar-refractivity contribution in [2.75, 3.05) is 38.3 Å². The highest BCUT2D eigenvalue weighted by atomic mass is 16.3. The van der Waals surface area contributed by atoms with E-state index in [0.29, 0.717) is 24.5 Å². The van der Waals surface area contributed by atoms with Gasteiger partial charge in [0.05, 0.1) is 24.6 Å². The van der Waals surface area contributed by atoms with Crippen molar-refractivity contribution in [3.63, 3.8) is 0 Å². The third-order valence-electron chi connectivity index (χ3n) is 3.16. The highest BCUT2D eigenvalue weighted by Gasteiger charge is 2.04. The molecule has 24 heavy (non-hydrogen) atoms. The van der Waals surface area contributed by atoms with E-state index in [1.807, 2.05) is 61.5 Å². The summed E-state index contributed by atoms with van der Waals surface area (Å²) in [4.78, 5) is 1.90. The van der Waals surface area contributed by atoms with Gasteiger partial charge in [0.25, 0.3) is 0 Å².